The van der Waals surface area contributed by atoms with Crippen LogP contribution in [0.2, 0.25) is 0 Å². The van der Waals surface area contributed by atoms with E-state index in [0.29, 0.717) is 6.61 Å². The molecule has 0 radical (unpaired) electrons. The molecule has 1 atom stereocenters. The Labute approximate surface area is 121 Å². The molecule has 0 bridgehead atoms. The second-order valence-corrected chi connectivity index (χ2v) is 5.64. The van der Waals surface area contributed by atoms with Gasteiger partial charge in [0.05, 0.1) is 18.8 Å². The molecular weight excluding hydrogens is 254 g/mol. The predicted octanol–water partition coefficient (Wildman–Crippen LogP) is 2.48. The van der Waals surface area contributed by atoms with Crippen LogP contribution in [0.4, 0.5) is 0 Å². The Kier molecular flexibility index (Phi) is 5.72. The van der Waals surface area contributed by atoms with Crippen LogP contribution in [-0.2, 0) is 19.8 Å². The lowest BCUT2D eigenvalue weighted by Crippen LogP contribution is -2.53. The largest absolute Gasteiger partial charge is 0.464 e. The van der Waals surface area contributed by atoms with Crippen molar-refractivity contribution in [1.29, 1.82) is 0 Å². The molecule has 0 saturated heterocycles. The molecule has 1 unspecified atom stereocenters. The van der Waals surface area contributed by atoms with Crippen LogP contribution in [0.3, 0.4) is 0 Å². The number of rotatable bonds is 6. The van der Waals surface area contributed by atoms with Crippen molar-refractivity contribution in [3.8, 4) is 0 Å². The summed E-state index contributed by atoms with van der Waals surface area (Å²) in [4.78, 5) is 12.4. The van der Waals surface area contributed by atoms with E-state index in [2.05, 4.69) is 5.32 Å². The van der Waals surface area contributed by atoms with E-state index >= 15 is 0 Å². The van der Waals surface area contributed by atoms with Crippen molar-refractivity contribution < 1.29 is 14.3 Å². The SMILES string of the molecule is CCOC(=O)C(COC(C)(C)C)(NC)c1ccccc1. The first kappa shape index (κ1) is 16.7. The highest BCUT2D eigenvalue weighted by Gasteiger charge is 2.41. The van der Waals surface area contributed by atoms with Gasteiger partial charge >= 0.3 is 5.97 Å². The van der Waals surface area contributed by atoms with Crippen LogP contribution in [0, 0.1) is 0 Å². The third kappa shape index (κ3) is 4.05. The predicted molar refractivity (Wildman–Crippen MR) is 79.5 cm³/mol. The highest BCUT2D eigenvalue weighted by atomic mass is 16.5. The van der Waals surface area contributed by atoms with Gasteiger partial charge in [-0.3, -0.25) is 5.32 Å². The van der Waals surface area contributed by atoms with Crippen molar-refractivity contribution in [2.45, 2.75) is 38.8 Å². The Balaban J connectivity index is 3.13. The van der Waals surface area contributed by atoms with Gasteiger partial charge in [-0.05, 0) is 40.3 Å². The smallest absolute Gasteiger partial charge is 0.333 e. The number of carbonyl (C=O) groups is 1. The van der Waals surface area contributed by atoms with Gasteiger partial charge in [0.25, 0.3) is 0 Å². The Hall–Kier alpha value is -1.39. The van der Waals surface area contributed by atoms with Crippen LogP contribution in [-0.4, -0.2) is 31.8 Å². The van der Waals surface area contributed by atoms with Crippen molar-refractivity contribution in [3.05, 3.63) is 35.9 Å². The summed E-state index contributed by atoms with van der Waals surface area (Å²) in [6.07, 6.45) is 0. The number of hydrogen-bond acceptors (Lipinski definition) is 4. The molecule has 1 aromatic rings. The van der Waals surface area contributed by atoms with Gasteiger partial charge < -0.3 is 9.47 Å². The maximum absolute atomic E-state index is 12.4. The van der Waals surface area contributed by atoms with E-state index in [4.69, 9.17) is 9.47 Å². The minimum atomic E-state index is -0.982. The van der Waals surface area contributed by atoms with Crippen molar-refractivity contribution >= 4 is 5.97 Å². The van der Waals surface area contributed by atoms with Crippen LogP contribution < -0.4 is 5.32 Å². The van der Waals surface area contributed by atoms with E-state index < -0.39 is 5.54 Å². The molecule has 0 saturated carbocycles. The summed E-state index contributed by atoms with van der Waals surface area (Å²) in [6.45, 7) is 8.24. The van der Waals surface area contributed by atoms with Gasteiger partial charge in [-0.25, -0.2) is 4.79 Å². The lowest BCUT2D eigenvalue weighted by atomic mass is 9.90. The van der Waals surface area contributed by atoms with E-state index in [1.165, 1.54) is 0 Å². The maximum Gasteiger partial charge on any atom is 0.333 e. The highest BCUT2D eigenvalue weighted by molar-refractivity contribution is 5.83. The fraction of sp³-hybridized carbons (Fsp3) is 0.562. The number of likely N-dealkylation sites (N-methyl/N-ethyl adjacent to an activating group) is 1. The molecule has 1 N–H and O–H groups in total. The standard InChI is InChI=1S/C16H25NO3/c1-6-19-14(18)16(17-5,12-20-15(2,3)4)13-10-8-7-9-11-13/h7-11,17H,6,12H2,1-5H3. The molecule has 0 aliphatic heterocycles. The van der Waals surface area contributed by atoms with Crippen LogP contribution in [0.25, 0.3) is 0 Å². The summed E-state index contributed by atoms with van der Waals surface area (Å²) < 4.78 is 11.1. The summed E-state index contributed by atoms with van der Waals surface area (Å²) in [5.41, 5.74) is -0.473. The normalized spacial score (nSPS) is 14.7. The first-order chi connectivity index (χ1) is 9.35. The van der Waals surface area contributed by atoms with Crippen LogP contribution in [0.5, 0.6) is 0 Å². The van der Waals surface area contributed by atoms with E-state index in [9.17, 15) is 4.79 Å². The van der Waals surface area contributed by atoms with E-state index in [1.54, 1.807) is 14.0 Å². The van der Waals surface area contributed by atoms with Crippen molar-refractivity contribution in [3.63, 3.8) is 0 Å². The van der Waals surface area contributed by atoms with Gasteiger partial charge in [0.1, 0.15) is 0 Å². The minimum absolute atomic E-state index is 0.218. The van der Waals surface area contributed by atoms with Crippen LogP contribution >= 0.6 is 0 Å². The molecule has 1 rings (SSSR count). The molecule has 0 heterocycles. The molecule has 20 heavy (non-hydrogen) atoms. The molecule has 0 aliphatic rings. The average molecular weight is 279 g/mol. The summed E-state index contributed by atoms with van der Waals surface area (Å²) in [5.74, 6) is -0.321. The topological polar surface area (TPSA) is 47.6 Å². The summed E-state index contributed by atoms with van der Waals surface area (Å²) >= 11 is 0. The molecule has 0 fully saturated rings. The third-order valence-electron chi connectivity index (χ3n) is 3.04. The Morgan fingerprint density at radius 2 is 1.80 bits per heavy atom. The minimum Gasteiger partial charge on any atom is -0.464 e. The van der Waals surface area contributed by atoms with Gasteiger partial charge in [0.2, 0.25) is 0 Å². The van der Waals surface area contributed by atoms with Gasteiger partial charge in [-0.2, -0.15) is 0 Å². The summed E-state index contributed by atoms with van der Waals surface area (Å²) in [6, 6.07) is 9.52. The third-order valence-corrected chi connectivity index (χ3v) is 3.04. The summed E-state index contributed by atoms with van der Waals surface area (Å²) in [5, 5.41) is 3.09. The van der Waals surface area contributed by atoms with Gasteiger partial charge in [0, 0.05) is 0 Å². The van der Waals surface area contributed by atoms with Crippen LogP contribution in [0.1, 0.15) is 33.3 Å². The van der Waals surface area contributed by atoms with E-state index in [-0.39, 0.29) is 18.2 Å². The number of ether oxygens (including phenoxy) is 2. The zero-order valence-electron chi connectivity index (χ0n) is 13.0. The average Bonchev–Trinajstić information content (AvgIpc) is 2.40. The number of carbonyl (C=O) groups excluding carboxylic acids is 1. The molecule has 0 aromatic heterocycles. The monoisotopic (exact) mass is 279 g/mol. The molecule has 4 nitrogen and oxygen atoms in total. The Bertz CT molecular complexity index is 425. The zero-order chi connectivity index (χ0) is 15.2. The Morgan fingerprint density at radius 3 is 2.25 bits per heavy atom. The molecular formula is C16H25NO3. The van der Waals surface area contributed by atoms with Gasteiger partial charge in [0.15, 0.2) is 5.54 Å². The zero-order valence-corrected chi connectivity index (χ0v) is 13.0. The fourth-order valence-corrected chi connectivity index (χ4v) is 1.88. The molecule has 112 valence electrons. The first-order valence-electron chi connectivity index (χ1n) is 6.91. The summed E-state index contributed by atoms with van der Waals surface area (Å²) in [7, 11) is 1.75. The highest BCUT2D eigenvalue weighted by Crippen LogP contribution is 2.25. The van der Waals surface area contributed by atoms with Crippen molar-refractivity contribution in [1.82, 2.24) is 5.32 Å². The number of benzene rings is 1. The lowest BCUT2D eigenvalue weighted by molar-refractivity contribution is -0.157. The lowest BCUT2D eigenvalue weighted by Gasteiger charge is -2.34. The molecule has 4 heteroatoms. The van der Waals surface area contributed by atoms with Gasteiger partial charge in [-0.1, -0.05) is 30.3 Å². The quantitative estimate of drug-likeness (QED) is 0.813. The van der Waals surface area contributed by atoms with Crippen molar-refractivity contribution in [2.24, 2.45) is 0 Å². The maximum atomic E-state index is 12.4. The second kappa shape index (κ2) is 6.86. The first-order valence-corrected chi connectivity index (χ1v) is 6.91. The fourth-order valence-electron chi connectivity index (χ4n) is 1.88. The number of nitrogens with one attached hydrogen (secondary N) is 1. The molecule has 1 aromatic carbocycles. The number of esters is 1. The molecule has 0 amide bonds. The molecule has 0 spiro atoms. The second-order valence-electron chi connectivity index (χ2n) is 5.64. The van der Waals surface area contributed by atoms with Gasteiger partial charge in [-0.15, -0.1) is 0 Å². The van der Waals surface area contributed by atoms with E-state index in [1.807, 2.05) is 51.1 Å². The Morgan fingerprint density at radius 1 is 1.20 bits per heavy atom. The molecule has 0 aliphatic carbocycles. The van der Waals surface area contributed by atoms with E-state index in [0.717, 1.165) is 5.56 Å². The van der Waals surface area contributed by atoms with Crippen LogP contribution in [0.15, 0.2) is 30.3 Å². The van der Waals surface area contributed by atoms with Crippen molar-refractivity contribution in [2.75, 3.05) is 20.3 Å². The number of hydrogen-bond donors (Lipinski definition) is 1.